The minimum absolute atomic E-state index is 0.00981. The van der Waals surface area contributed by atoms with Gasteiger partial charge in [0.2, 0.25) is 5.91 Å². The first-order valence-corrected chi connectivity index (χ1v) is 11.9. The van der Waals surface area contributed by atoms with Gasteiger partial charge in [0, 0.05) is 42.1 Å². The van der Waals surface area contributed by atoms with Crippen LogP contribution in [0.15, 0.2) is 72.1 Å². The van der Waals surface area contributed by atoms with E-state index in [1.165, 1.54) is 12.5 Å². The van der Waals surface area contributed by atoms with Crippen molar-refractivity contribution in [1.29, 1.82) is 0 Å². The van der Waals surface area contributed by atoms with Crippen LogP contribution in [0.3, 0.4) is 0 Å². The summed E-state index contributed by atoms with van der Waals surface area (Å²) in [5.41, 5.74) is 2.01. The number of thioether (sulfide) groups is 1. The molecule has 0 bridgehead atoms. The fourth-order valence-corrected chi connectivity index (χ4v) is 4.68. The Labute approximate surface area is 198 Å². The Hall–Kier alpha value is -2.81. The van der Waals surface area contributed by atoms with Gasteiger partial charge in [-0.15, -0.1) is 11.8 Å². The number of imidazole rings is 1. The lowest BCUT2D eigenvalue weighted by Gasteiger charge is -2.28. The van der Waals surface area contributed by atoms with Crippen molar-refractivity contribution in [2.75, 3.05) is 24.8 Å². The van der Waals surface area contributed by atoms with Crippen molar-refractivity contribution in [3.63, 3.8) is 0 Å². The van der Waals surface area contributed by atoms with Crippen LogP contribution in [0.25, 0.3) is 0 Å². The molecule has 1 aromatic heterocycles. The zero-order valence-electron chi connectivity index (χ0n) is 18.9. The van der Waals surface area contributed by atoms with Gasteiger partial charge in [0.25, 0.3) is 0 Å². The summed E-state index contributed by atoms with van der Waals surface area (Å²) >= 11 is 1.72. The predicted molar refractivity (Wildman–Crippen MR) is 129 cm³/mol. The van der Waals surface area contributed by atoms with Gasteiger partial charge < -0.3 is 24.1 Å². The zero-order valence-corrected chi connectivity index (χ0v) is 19.7. The van der Waals surface area contributed by atoms with Gasteiger partial charge in [-0.3, -0.25) is 4.79 Å². The topological polar surface area (TPSA) is 74.6 Å². The van der Waals surface area contributed by atoms with Crippen molar-refractivity contribution in [1.82, 2.24) is 9.55 Å². The molecule has 1 aliphatic heterocycles. The molecule has 2 atom stereocenters. The van der Waals surface area contributed by atoms with Gasteiger partial charge >= 0.3 is 0 Å². The molecule has 33 heavy (non-hydrogen) atoms. The van der Waals surface area contributed by atoms with E-state index >= 15 is 0 Å². The molecule has 0 spiro atoms. The maximum absolute atomic E-state index is 11.2. The van der Waals surface area contributed by atoms with Crippen molar-refractivity contribution in [3.05, 3.63) is 72.8 Å². The van der Waals surface area contributed by atoms with Crippen molar-refractivity contribution in [3.8, 4) is 5.75 Å². The molecule has 0 unspecified atom stereocenters. The first-order chi connectivity index (χ1) is 16.0. The van der Waals surface area contributed by atoms with Crippen LogP contribution in [-0.2, 0) is 27.2 Å². The van der Waals surface area contributed by atoms with Gasteiger partial charge in [0.15, 0.2) is 5.79 Å². The van der Waals surface area contributed by atoms with Crippen LogP contribution in [0.2, 0.25) is 0 Å². The third-order valence-corrected chi connectivity index (χ3v) is 6.60. The molecule has 7 nitrogen and oxygen atoms in total. The van der Waals surface area contributed by atoms with Crippen molar-refractivity contribution >= 4 is 23.4 Å². The fourth-order valence-electron chi connectivity index (χ4n) is 3.80. The summed E-state index contributed by atoms with van der Waals surface area (Å²) in [5.74, 6) is 0.868. The minimum Gasteiger partial charge on any atom is -0.497 e. The Morgan fingerprint density at radius 2 is 2.03 bits per heavy atom. The number of hydrogen-bond acceptors (Lipinski definition) is 6. The lowest BCUT2D eigenvalue weighted by molar-refractivity contribution is -0.180. The Kier molecular flexibility index (Phi) is 7.69. The van der Waals surface area contributed by atoms with Crippen LogP contribution in [0.5, 0.6) is 5.75 Å². The number of carbonyl (C=O) groups is 1. The number of nitrogens with zero attached hydrogens (tertiary/aromatic N) is 2. The number of methoxy groups -OCH3 is 1. The molecule has 1 saturated heterocycles. The van der Waals surface area contributed by atoms with Gasteiger partial charge in [-0.1, -0.05) is 12.1 Å². The third-order valence-electron chi connectivity index (χ3n) is 5.46. The maximum atomic E-state index is 11.2. The number of benzene rings is 2. The molecule has 2 aromatic carbocycles. The summed E-state index contributed by atoms with van der Waals surface area (Å²) in [6.45, 7) is 2.65. The largest absolute Gasteiger partial charge is 0.497 e. The average molecular weight is 468 g/mol. The third kappa shape index (κ3) is 6.60. The smallest absolute Gasteiger partial charge is 0.221 e. The molecule has 174 valence electrons. The zero-order chi connectivity index (χ0) is 23.1. The van der Waals surface area contributed by atoms with Gasteiger partial charge in [-0.25, -0.2) is 4.98 Å². The highest BCUT2D eigenvalue weighted by molar-refractivity contribution is 7.99. The Bertz CT molecular complexity index is 1020. The first-order valence-electron chi connectivity index (χ1n) is 10.9. The van der Waals surface area contributed by atoms with E-state index in [0.29, 0.717) is 13.2 Å². The summed E-state index contributed by atoms with van der Waals surface area (Å²) in [5, 5.41) is 2.79. The van der Waals surface area contributed by atoms with E-state index in [1.807, 2.05) is 47.2 Å². The number of anilines is 1. The molecule has 1 aliphatic rings. The summed E-state index contributed by atoms with van der Waals surface area (Å²) in [6.07, 6.45) is 7.06. The average Bonchev–Trinajstić information content (AvgIpc) is 3.48. The number of aromatic nitrogens is 2. The molecule has 2 heterocycles. The highest BCUT2D eigenvalue weighted by Gasteiger charge is 2.41. The van der Waals surface area contributed by atoms with Gasteiger partial charge in [0.1, 0.15) is 5.75 Å². The molecule has 8 heteroatoms. The van der Waals surface area contributed by atoms with E-state index < -0.39 is 5.79 Å². The molecule has 3 aromatic rings. The molecule has 0 saturated carbocycles. The SMILES string of the molecule is COc1ccc(CC[C@]2(Cn3ccnc3)OC[C@@H](CSc3ccc(NC(C)=O)cc3)O2)cc1. The summed E-state index contributed by atoms with van der Waals surface area (Å²) in [7, 11) is 1.67. The summed E-state index contributed by atoms with van der Waals surface area (Å²) in [6, 6.07) is 16.0. The number of hydrogen-bond donors (Lipinski definition) is 1. The Morgan fingerprint density at radius 3 is 2.70 bits per heavy atom. The summed E-state index contributed by atoms with van der Waals surface area (Å²) in [4.78, 5) is 16.5. The van der Waals surface area contributed by atoms with Crippen molar-refractivity contribution in [2.24, 2.45) is 0 Å². The lowest BCUT2D eigenvalue weighted by Crippen LogP contribution is -2.37. The lowest BCUT2D eigenvalue weighted by atomic mass is 10.0. The first kappa shape index (κ1) is 23.4. The molecule has 1 N–H and O–H groups in total. The van der Waals surface area contributed by atoms with Crippen LogP contribution in [-0.4, -0.2) is 46.8 Å². The minimum atomic E-state index is -0.693. The highest BCUT2D eigenvalue weighted by atomic mass is 32.2. The number of amides is 1. The molecular formula is C25H29N3O4S. The monoisotopic (exact) mass is 467 g/mol. The second-order valence-electron chi connectivity index (χ2n) is 8.06. The van der Waals surface area contributed by atoms with E-state index in [2.05, 4.69) is 22.4 Å². The van der Waals surface area contributed by atoms with E-state index in [4.69, 9.17) is 14.2 Å². The second kappa shape index (κ2) is 10.9. The number of aryl methyl sites for hydroxylation is 1. The maximum Gasteiger partial charge on any atom is 0.221 e. The van der Waals surface area contributed by atoms with Gasteiger partial charge in [-0.05, 0) is 48.4 Å². The van der Waals surface area contributed by atoms with E-state index in [9.17, 15) is 4.79 Å². The number of nitrogens with one attached hydrogen (secondary N) is 1. The number of ether oxygens (including phenoxy) is 3. The molecular weight excluding hydrogens is 438 g/mol. The van der Waals surface area contributed by atoms with Crippen LogP contribution in [0.1, 0.15) is 18.9 Å². The number of rotatable bonds is 10. The van der Waals surface area contributed by atoms with Crippen molar-refractivity contribution in [2.45, 2.75) is 43.1 Å². The number of carbonyl (C=O) groups excluding carboxylic acids is 1. The van der Waals surface area contributed by atoms with E-state index in [-0.39, 0.29) is 12.0 Å². The second-order valence-corrected chi connectivity index (χ2v) is 9.15. The predicted octanol–water partition coefficient (Wildman–Crippen LogP) is 4.39. The quantitative estimate of drug-likeness (QED) is 0.446. The molecule has 4 rings (SSSR count). The highest BCUT2D eigenvalue weighted by Crippen LogP contribution is 2.33. The molecule has 1 fully saturated rings. The van der Waals surface area contributed by atoms with E-state index in [1.54, 1.807) is 31.4 Å². The fraction of sp³-hybridized carbons (Fsp3) is 0.360. The van der Waals surface area contributed by atoms with Crippen LogP contribution < -0.4 is 10.1 Å². The Morgan fingerprint density at radius 1 is 1.24 bits per heavy atom. The molecule has 1 amide bonds. The van der Waals surface area contributed by atoms with Crippen LogP contribution >= 0.6 is 11.8 Å². The molecule has 0 radical (unpaired) electrons. The van der Waals surface area contributed by atoms with Crippen LogP contribution in [0, 0.1) is 0 Å². The van der Waals surface area contributed by atoms with Gasteiger partial charge in [0.05, 0.1) is 32.7 Å². The van der Waals surface area contributed by atoms with Crippen molar-refractivity contribution < 1.29 is 19.0 Å². The Balaban J connectivity index is 1.36. The van der Waals surface area contributed by atoms with Gasteiger partial charge in [-0.2, -0.15) is 0 Å². The summed E-state index contributed by atoms with van der Waals surface area (Å²) < 4.78 is 20.1. The van der Waals surface area contributed by atoms with Crippen LogP contribution in [0.4, 0.5) is 5.69 Å². The molecule has 0 aliphatic carbocycles. The standard InChI is InChI=1S/C25H29N3O4S/c1-19(29)27-21-5-9-24(10-6-21)33-16-23-15-31-25(32-23,17-28-14-13-26-18-28)12-11-20-3-7-22(30-2)8-4-20/h3-10,13-14,18,23H,11-12,15-17H2,1-2H3,(H,27,29)/t23-,25-/m0/s1. The van der Waals surface area contributed by atoms with E-state index in [0.717, 1.165) is 34.9 Å². The normalized spacial score (nSPS) is 20.0.